The van der Waals surface area contributed by atoms with Crippen molar-refractivity contribution in [2.24, 2.45) is 0 Å². The van der Waals surface area contributed by atoms with E-state index in [0.29, 0.717) is 25.5 Å². The van der Waals surface area contributed by atoms with E-state index in [1.807, 2.05) is 13.8 Å². The van der Waals surface area contributed by atoms with Crippen molar-refractivity contribution in [3.63, 3.8) is 0 Å². The molecular formula is C13H25NO4. The topological polar surface area (TPSA) is 56.8 Å². The number of rotatable bonds is 10. The third-order valence-corrected chi connectivity index (χ3v) is 2.47. The maximum atomic E-state index is 11.2. The maximum Gasteiger partial charge on any atom is 0.305 e. The fourth-order valence-electron chi connectivity index (χ4n) is 1.10. The van der Waals surface area contributed by atoms with Gasteiger partial charge < -0.3 is 14.2 Å². The van der Waals surface area contributed by atoms with Crippen molar-refractivity contribution in [1.29, 1.82) is 0 Å². The Labute approximate surface area is 109 Å². The Balaban J connectivity index is 4.31. The summed E-state index contributed by atoms with van der Waals surface area (Å²) >= 11 is 0. The Kier molecular flexibility index (Phi) is 8.41. The molecule has 0 aromatic rings. The van der Waals surface area contributed by atoms with Crippen LogP contribution in [0, 0.1) is 0 Å². The molecule has 0 amide bonds. The average molecular weight is 259 g/mol. The summed E-state index contributed by atoms with van der Waals surface area (Å²) in [5.74, 6) is 0.483. The first-order valence-electron chi connectivity index (χ1n) is 6.17. The highest BCUT2D eigenvalue weighted by molar-refractivity contribution is 5.68. The van der Waals surface area contributed by atoms with Crippen LogP contribution in [-0.2, 0) is 19.0 Å². The number of allylic oxidation sites excluding steroid dienone is 1. The predicted molar refractivity (Wildman–Crippen MR) is 70.0 cm³/mol. The van der Waals surface area contributed by atoms with Crippen molar-refractivity contribution in [2.45, 2.75) is 39.2 Å². The van der Waals surface area contributed by atoms with Gasteiger partial charge in [0.1, 0.15) is 13.2 Å². The first-order valence-corrected chi connectivity index (χ1v) is 6.17. The van der Waals surface area contributed by atoms with Crippen LogP contribution in [-0.4, -0.2) is 38.6 Å². The van der Waals surface area contributed by atoms with Gasteiger partial charge in [-0.15, -0.1) is 0 Å². The zero-order valence-electron chi connectivity index (χ0n) is 11.9. The van der Waals surface area contributed by atoms with Gasteiger partial charge in [0.15, 0.2) is 0 Å². The summed E-state index contributed by atoms with van der Waals surface area (Å²) in [6.45, 7) is 10.4. The monoisotopic (exact) mass is 259 g/mol. The highest BCUT2D eigenvalue weighted by Gasteiger charge is 2.26. The number of carbonyl (C=O) groups is 1. The standard InChI is InChI=1S/C13H25NO4/c1-6-11(3)17-8-13(4,14-10-16-5)9-18-12(15)7-2/h14H,3,6-10H2,1-2,4-5H3. The van der Waals surface area contributed by atoms with Crippen molar-refractivity contribution in [2.75, 3.05) is 27.1 Å². The lowest BCUT2D eigenvalue weighted by molar-refractivity contribution is -0.146. The van der Waals surface area contributed by atoms with Gasteiger partial charge in [0.05, 0.1) is 18.0 Å². The summed E-state index contributed by atoms with van der Waals surface area (Å²) in [6.07, 6.45) is 1.12. The van der Waals surface area contributed by atoms with Crippen molar-refractivity contribution >= 4 is 5.97 Å². The number of hydrogen-bond donors (Lipinski definition) is 1. The van der Waals surface area contributed by atoms with E-state index in [1.54, 1.807) is 14.0 Å². The Morgan fingerprint density at radius 3 is 2.33 bits per heavy atom. The zero-order chi connectivity index (χ0) is 14.0. The smallest absolute Gasteiger partial charge is 0.305 e. The Morgan fingerprint density at radius 1 is 1.22 bits per heavy atom. The highest BCUT2D eigenvalue weighted by atomic mass is 16.5. The number of nitrogens with one attached hydrogen (secondary N) is 1. The lowest BCUT2D eigenvalue weighted by Gasteiger charge is -2.30. The number of hydrogen-bond acceptors (Lipinski definition) is 5. The van der Waals surface area contributed by atoms with Gasteiger partial charge in [0, 0.05) is 20.0 Å². The Bertz CT molecular complexity index is 246. The minimum Gasteiger partial charge on any atom is -0.497 e. The molecule has 1 unspecified atom stereocenters. The summed E-state index contributed by atoms with van der Waals surface area (Å²) in [7, 11) is 1.59. The molecule has 1 atom stereocenters. The largest absolute Gasteiger partial charge is 0.497 e. The molecule has 0 aromatic carbocycles. The molecule has 0 aromatic heterocycles. The first-order chi connectivity index (χ1) is 8.47. The number of carbonyl (C=O) groups excluding carboxylic acids is 1. The van der Waals surface area contributed by atoms with Crippen LogP contribution in [0.15, 0.2) is 12.3 Å². The van der Waals surface area contributed by atoms with E-state index in [2.05, 4.69) is 11.9 Å². The quantitative estimate of drug-likeness (QED) is 0.368. The average Bonchev–Trinajstić information content (AvgIpc) is 2.40. The molecule has 106 valence electrons. The highest BCUT2D eigenvalue weighted by Crippen LogP contribution is 2.10. The second-order valence-corrected chi connectivity index (χ2v) is 4.37. The molecular weight excluding hydrogens is 234 g/mol. The predicted octanol–water partition coefficient (Wildman–Crippen LogP) is 1.83. The second kappa shape index (κ2) is 8.94. The molecule has 0 radical (unpaired) electrons. The van der Waals surface area contributed by atoms with Gasteiger partial charge in [-0.2, -0.15) is 0 Å². The van der Waals surface area contributed by atoms with Crippen LogP contribution in [0.3, 0.4) is 0 Å². The van der Waals surface area contributed by atoms with Gasteiger partial charge in [-0.1, -0.05) is 20.4 Å². The van der Waals surface area contributed by atoms with Crippen LogP contribution < -0.4 is 5.32 Å². The zero-order valence-corrected chi connectivity index (χ0v) is 11.9. The van der Waals surface area contributed by atoms with E-state index >= 15 is 0 Å². The van der Waals surface area contributed by atoms with Gasteiger partial charge in [-0.3, -0.25) is 10.1 Å². The minimum atomic E-state index is -0.487. The van der Waals surface area contributed by atoms with E-state index in [-0.39, 0.29) is 12.6 Å². The molecule has 0 saturated carbocycles. The fraction of sp³-hybridized carbons (Fsp3) is 0.769. The van der Waals surface area contributed by atoms with Crippen LogP contribution in [0.1, 0.15) is 33.6 Å². The fourth-order valence-corrected chi connectivity index (χ4v) is 1.10. The van der Waals surface area contributed by atoms with Gasteiger partial charge in [0.25, 0.3) is 0 Å². The molecule has 0 aliphatic carbocycles. The number of esters is 1. The summed E-state index contributed by atoms with van der Waals surface area (Å²) in [5, 5.41) is 3.14. The Morgan fingerprint density at radius 2 is 1.83 bits per heavy atom. The molecule has 5 heteroatoms. The normalized spacial score (nSPS) is 13.8. The number of ether oxygens (including phenoxy) is 3. The Hall–Kier alpha value is -1.07. The van der Waals surface area contributed by atoms with Gasteiger partial charge in [0.2, 0.25) is 0 Å². The van der Waals surface area contributed by atoms with Crippen LogP contribution in [0.5, 0.6) is 0 Å². The molecule has 1 N–H and O–H groups in total. The van der Waals surface area contributed by atoms with E-state index in [1.165, 1.54) is 0 Å². The molecule has 0 aliphatic rings. The van der Waals surface area contributed by atoms with E-state index in [4.69, 9.17) is 14.2 Å². The summed E-state index contributed by atoms with van der Waals surface area (Å²) in [6, 6.07) is 0. The summed E-state index contributed by atoms with van der Waals surface area (Å²) < 4.78 is 15.6. The molecule has 0 rings (SSSR count). The van der Waals surface area contributed by atoms with Crippen LogP contribution in [0.25, 0.3) is 0 Å². The number of methoxy groups -OCH3 is 1. The summed E-state index contributed by atoms with van der Waals surface area (Å²) in [4.78, 5) is 11.2. The van der Waals surface area contributed by atoms with E-state index in [9.17, 15) is 4.79 Å². The van der Waals surface area contributed by atoms with Crippen molar-refractivity contribution in [3.8, 4) is 0 Å². The molecule has 0 heterocycles. The molecule has 0 aliphatic heterocycles. The van der Waals surface area contributed by atoms with E-state index in [0.717, 1.165) is 6.42 Å². The van der Waals surface area contributed by atoms with Crippen molar-refractivity contribution in [3.05, 3.63) is 12.3 Å². The molecule has 0 fully saturated rings. The summed E-state index contributed by atoms with van der Waals surface area (Å²) in [5.41, 5.74) is -0.487. The van der Waals surface area contributed by atoms with Gasteiger partial charge in [-0.05, 0) is 6.92 Å². The molecule has 5 nitrogen and oxygen atoms in total. The minimum absolute atomic E-state index is 0.227. The lowest BCUT2D eigenvalue weighted by atomic mass is 10.1. The maximum absolute atomic E-state index is 11.2. The third kappa shape index (κ3) is 7.29. The lowest BCUT2D eigenvalue weighted by Crippen LogP contribution is -2.51. The molecule has 0 saturated heterocycles. The second-order valence-electron chi connectivity index (χ2n) is 4.37. The van der Waals surface area contributed by atoms with Crippen LogP contribution in [0.2, 0.25) is 0 Å². The third-order valence-electron chi connectivity index (χ3n) is 2.47. The van der Waals surface area contributed by atoms with E-state index < -0.39 is 5.54 Å². The van der Waals surface area contributed by atoms with Crippen molar-refractivity contribution < 1.29 is 19.0 Å². The van der Waals surface area contributed by atoms with Gasteiger partial charge in [-0.25, -0.2) is 0 Å². The van der Waals surface area contributed by atoms with Crippen LogP contribution in [0.4, 0.5) is 0 Å². The van der Waals surface area contributed by atoms with Crippen molar-refractivity contribution in [1.82, 2.24) is 5.32 Å². The SMILES string of the molecule is C=C(CC)OCC(C)(COC(=O)CC)NCOC. The first kappa shape index (κ1) is 16.9. The van der Waals surface area contributed by atoms with Gasteiger partial charge >= 0.3 is 5.97 Å². The molecule has 0 bridgehead atoms. The molecule has 0 spiro atoms. The van der Waals surface area contributed by atoms with Crippen LogP contribution >= 0.6 is 0 Å². The molecule has 18 heavy (non-hydrogen) atoms.